The lowest BCUT2D eigenvalue weighted by Gasteiger charge is -2.46. The number of rotatable bonds is 2. The van der Waals surface area contributed by atoms with Crippen molar-refractivity contribution in [3.05, 3.63) is 29.8 Å². The molecule has 5 atom stereocenters. The lowest BCUT2D eigenvalue weighted by atomic mass is 9.85. The Labute approximate surface area is 132 Å². The second-order valence-electron chi connectivity index (χ2n) is 7.31. The van der Waals surface area contributed by atoms with Gasteiger partial charge in [0.05, 0.1) is 10.5 Å². The van der Waals surface area contributed by atoms with E-state index in [1.807, 2.05) is 19.1 Å². The second-order valence-corrected chi connectivity index (χ2v) is 9.15. The lowest BCUT2D eigenvalue weighted by molar-refractivity contribution is 0.00864. The summed E-state index contributed by atoms with van der Waals surface area (Å²) >= 11 is 0. The summed E-state index contributed by atoms with van der Waals surface area (Å²) in [5.41, 5.74) is 0.442. The highest BCUT2D eigenvalue weighted by Gasteiger charge is 2.70. The average Bonchev–Trinajstić information content (AvgIpc) is 2.99. The van der Waals surface area contributed by atoms with Crippen LogP contribution in [0.2, 0.25) is 0 Å². The molecule has 0 radical (unpaired) electrons. The highest BCUT2D eigenvalue weighted by molar-refractivity contribution is 7.89. The van der Waals surface area contributed by atoms with Crippen LogP contribution in [0.15, 0.2) is 29.2 Å². The van der Waals surface area contributed by atoms with Crippen LogP contribution in [0.1, 0.15) is 38.2 Å². The van der Waals surface area contributed by atoms with Crippen molar-refractivity contribution in [3.63, 3.8) is 0 Å². The Hall–Kier alpha value is -0.910. The molecule has 3 fully saturated rings. The molecule has 2 saturated heterocycles. The van der Waals surface area contributed by atoms with Crippen molar-refractivity contribution in [1.82, 2.24) is 4.31 Å². The van der Waals surface area contributed by atoms with E-state index in [-0.39, 0.29) is 23.9 Å². The van der Waals surface area contributed by atoms with Crippen molar-refractivity contribution >= 4 is 10.0 Å². The standard InChI is InChI=1S/C17H23NO3S/c1-11-6-8-14(9-7-11)22(20,21)18-13-4-3-5-15(18)16-12(2)17(16,19)10-13/h6-9,12-13,15-16,19H,3-5,10H2,1-2H3/t12-,13-,15+,16+,17-/m0/s1. The van der Waals surface area contributed by atoms with Gasteiger partial charge < -0.3 is 5.11 Å². The molecule has 2 heterocycles. The molecule has 5 heteroatoms. The predicted molar refractivity (Wildman–Crippen MR) is 83.9 cm³/mol. The van der Waals surface area contributed by atoms with E-state index in [1.165, 1.54) is 0 Å². The third-order valence-electron chi connectivity index (χ3n) is 6.09. The van der Waals surface area contributed by atoms with Gasteiger partial charge in [-0.3, -0.25) is 0 Å². The van der Waals surface area contributed by atoms with E-state index in [0.29, 0.717) is 11.3 Å². The Balaban J connectivity index is 1.74. The summed E-state index contributed by atoms with van der Waals surface area (Å²) in [5, 5.41) is 10.7. The highest BCUT2D eigenvalue weighted by atomic mass is 32.2. The van der Waals surface area contributed by atoms with E-state index < -0.39 is 15.6 Å². The number of benzene rings is 1. The quantitative estimate of drug-likeness (QED) is 0.909. The summed E-state index contributed by atoms with van der Waals surface area (Å²) in [7, 11) is -3.47. The fourth-order valence-corrected chi connectivity index (χ4v) is 6.73. The molecule has 0 aromatic heterocycles. The number of aryl methyl sites for hydroxylation is 1. The smallest absolute Gasteiger partial charge is 0.243 e. The maximum absolute atomic E-state index is 13.1. The number of fused-ring (bicyclic) bond motifs is 4. The molecule has 0 amide bonds. The van der Waals surface area contributed by atoms with Gasteiger partial charge in [-0.05, 0) is 44.2 Å². The predicted octanol–water partition coefficient (Wildman–Crippen LogP) is 2.31. The van der Waals surface area contributed by atoms with Gasteiger partial charge in [0.15, 0.2) is 0 Å². The summed E-state index contributed by atoms with van der Waals surface area (Å²) in [4.78, 5) is 0.383. The Kier molecular flexibility index (Phi) is 3.04. The minimum Gasteiger partial charge on any atom is -0.389 e. The molecule has 4 rings (SSSR count). The minimum atomic E-state index is -3.47. The zero-order chi connectivity index (χ0) is 15.7. The lowest BCUT2D eigenvalue weighted by Crippen LogP contribution is -2.56. The Bertz CT molecular complexity index is 699. The van der Waals surface area contributed by atoms with Gasteiger partial charge in [0.25, 0.3) is 0 Å². The van der Waals surface area contributed by atoms with Crippen molar-refractivity contribution < 1.29 is 13.5 Å². The van der Waals surface area contributed by atoms with E-state index in [9.17, 15) is 13.5 Å². The number of hydrogen-bond acceptors (Lipinski definition) is 3. The number of piperidine rings is 2. The maximum atomic E-state index is 13.1. The van der Waals surface area contributed by atoms with E-state index in [1.54, 1.807) is 16.4 Å². The van der Waals surface area contributed by atoms with E-state index in [4.69, 9.17) is 0 Å². The van der Waals surface area contributed by atoms with Crippen LogP contribution in [0.25, 0.3) is 0 Å². The average molecular weight is 321 g/mol. The molecule has 3 aliphatic rings. The van der Waals surface area contributed by atoms with Crippen LogP contribution in [-0.2, 0) is 10.0 Å². The third-order valence-corrected chi connectivity index (χ3v) is 8.08. The monoisotopic (exact) mass is 321 g/mol. The molecule has 1 N–H and O–H groups in total. The van der Waals surface area contributed by atoms with Crippen LogP contribution in [-0.4, -0.2) is 35.5 Å². The van der Waals surface area contributed by atoms with Gasteiger partial charge in [0.1, 0.15) is 0 Å². The SMILES string of the molecule is Cc1ccc(S(=O)(=O)N2[C@H]3CCC[C@@H]2[C@H]2[C@H](C)[C@@]2(O)C3)cc1. The highest BCUT2D eigenvalue weighted by Crippen LogP contribution is 2.62. The molecular weight excluding hydrogens is 298 g/mol. The van der Waals surface area contributed by atoms with Gasteiger partial charge in [-0.25, -0.2) is 8.42 Å². The molecule has 22 heavy (non-hydrogen) atoms. The molecular formula is C17H23NO3S. The molecule has 2 bridgehead atoms. The van der Waals surface area contributed by atoms with Crippen LogP contribution in [0, 0.1) is 18.8 Å². The zero-order valence-electron chi connectivity index (χ0n) is 13.1. The Morgan fingerprint density at radius 1 is 1.23 bits per heavy atom. The number of aliphatic hydroxyl groups is 1. The largest absolute Gasteiger partial charge is 0.389 e. The molecule has 2 aliphatic heterocycles. The molecule has 1 aromatic rings. The van der Waals surface area contributed by atoms with Crippen molar-refractivity contribution in [2.45, 2.75) is 62.1 Å². The number of nitrogens with zero attached hydrogens (tertiary/aromatic N) is 1. The molecule has 1 aromatic carbocycles. The molecule has 1 aliphatic carbocycles. The van der Waals surface area contributed by atoms with E-state index in [0.717, 1.165) is 24.8 Å². The van der Waals surface area contributed by atoms with Gasteiger partial charge >= 0.3 is 0 Å². The molecule has 0 unspecified atom stereocenters. The summed E-state index contributed by atoms with van der Waals surface area (Å²) in [6.07, 6.45) is 3.40. The topological polar surface area (TPSA) is 57.6 Å². The van der Waals surface area contributed by atoms with Crippen molar-refractivity contribution in [1.29, 1.82) is 0 Å². The minimum absolute atomic E-state index is 0.0289. The molecule has 120 valence electrons. The first-order valence-corrected chi connectivity index (χ1v) is 9.62. The number of hydrogen-bond donors (Lipinski definition) is 1. The van der Waals surface area contributed by atoms with Crippen molar-refractivity contribution in [3.8, 4) is 0 Å². The first-order valence-electron chi connectivity index (χ1n) is 8.18. The Morgan fingerprint density at radius 3 is 2.59 bits per heavy atom. The van der Waals surface area contributed by atoms with Crippen LogP contribution in [0.4, 0.5) is 0 Å². The summed E-state index contributed by atoms with van der Waals surface area (Å²) < 4.78 is 28.0. The second kappa shape index (κ2) is 4.56. The van der Waals surface area contributed by atoms with Gasteiger partial charge in [-0.1, -0.05) is 31.0 Å². The first kappa shape index (κ1) is 14.7. The van der Waals surface area contributed by atoms with Crippen molar-refractivity contribution in [2.24, 2.45) is 11.8 Å². The summed E-state index contributed by atoms with van der Waals surface area (Å²) in [6.45, 7) is 4.01. The molecule has 1 saturated carbocycles. The van der Waals surface area contributed by atoms with Gasteiger partial charge in [-0.2, -0.15) is 4.31 Å². The maximum Gasteiger partial charge on any atom is 0.243 e. The summed E-state index contributed by atoms with van der Waals surface area (Å²) in [6, 6.07) is 7.04. The fraction of sp³-hybridized carbons (Fsp3) is 0.647. The summed E-state index contributed by atoms with van der Waals surface area (Å²) in [5.74, 6) is 0.334. The molecule has 4 nitrogen and oxygen atoms in total. The van der Waals surface area contributed by atoms with E-state index >= 15 is 0 Å². The normalized spacial score (nSPS) is 41.0. The van der Waals surface area contributed by atoms with E-state index in [2.05, 4.69) is 6.92 Å². The van der Waals surface area contributed by atoms with Gasteiger partial charge in [-0.15, -0.1) is 0 Å². The Morgan fingerprint density at radius 2 is 1.91 bits per heavy atom. The van der Waals surface area contributed by atoms with Gasteiger partial charge in [0.2, 0.25) is 10.0 Å². The van der Waals surface area contributed by atoms with Crippen LogP contribution >= 0.6 is 0 Å². The van der Waals surface area contributed by atoms with Gasteiger partial charge in [0, 0.05) is 18.0 Å². The van der Waals surface area contributed by atoms with Crippen LogP contribution < -0.4 is 0 Å². The fourth-order valence-electron chi connectivity index (χ4n) is 4.84. The van der Waals surface area contributed by atoms with Crippen LogP contribution in [0.5, 0.6) is 0 Å². The number of sulfonamides is 1. The molecule has 0 spiro atoms. The third kappa shape index (κ3) is 1.85. The van der Waals surface area contributed by atoms with Crippen LogP contribution in [0.3, 0.4) is 0 Å². The first-order chi connectivity index (χ1) is 10.4. The zero-order valence-corrected chi connectivity index (χ0v) is 13.9. The van der Waals surface area contributed by atoms with Crippen molar-refractivity contribution in [2.75, 3.05) is 0 Å².